The highest BCUT2D eigenvalue weighted by Gasteiger charge is 2.21. The summed E-state index contributed by atoms with van der Waals surface area (Å²) in [4.78, 5) is 37.8. The molecule has 0 aromatic heterocycles. The van der Waals surface area contributed by atoms with Gasteiger partial charge in [-0.2, -0.15) is 0 Å². The first kappa shape index (κ1) is 19.5. The molecule has 0 aliphatic carbocycles. The van der Waals surface area contributed by atoms with Gasteiger partial charge >= 0.3 is 5.97 Å². The second-order valence-corrected chi connectivity index (χ2v) is 6.63. The Morgan fingerprint density at radius 2 is 1.89 bits per heavy atom. The van der Waals surface area contributed by atoms with E-state index >= 15 is 0 Å². The zero-order valence-corrected chi connectivity index (χ0v) is 15.5. The molecule has 2 aromatic carbocycles. The van der Waals surface area contributed by atoms with Gasteiger partial charge in [0.05, 0.1) is 11.3 Å². The van der Waals surface area contributed by atoms with Gasteiger partial charge in [0.15, 0.2) is 6.10 Å². The summed E-state index contributed by atoms with van der Waals surface area (Å²) < 4.78 is 18.8. The third-order valence-electron chi connectivity index (χ3n) is 4.52. The van der Waals surface area contributed by atoms with Gasteiger partial charge in [-0.3, -0.25) is 9.59 Å². The molecule has 1 N–H and O–H groups in total. The third-order valence-corrected chi connectivity index (χ3v) is 4.52. The molecule has 3 rings (SSSR count). The van der Waals surface area contributed by atoms with Crippen molar-refractivity contribution in [2.75, 3.05) is 11.9 Å². The second kappa shape index (κ2) is 8.65. The minimum Gasteiger partial charge on any atom is -0.449 e. The number of halogens is 1. The van der Waals surface area contributed by atoms with Crippen molar-refractivity contribution in [3.05, 3.63) is 65.5 Å². The van der Waals surface area contributed by atoms with Gasteiger partial charge in [-0.25, -0.2) is 9.18 Å². The first-order valence-electron chi connectivity index (χ1n) is 9.07. The fourth-order valence-corrected chi connectivity index (χ4v) is 2.92. The minimum atomic E-state index is -1.09. The van der Waals surface area contributed by atoms with E-state index < -0.39 is 23.8 Å². The van der Waals surface area contributed by atoms with Crippen LogP contribution in [-0.2, 0) is 20.9 Å². The molecule has 1 atom stereocenters. The average molecular weight is 384 g/mol. The lowest BCUT2D eigenvalue weighted by molar-refractivity contribution is -0.128. The molecule has 0 saturated carbocycles. The molecule has 146 valence electrons. The number of ether oxygens (including phenoxy) is 1. The zero-order valence-electron chi connectivity index (χ0n) is 15.5. The number of rotatable bonds is 6. The Bertz CT molecular complexity index is 882. The quantitative estimate of drug-likeness (QED) is 0.777. The molecule has 7 heteroatoms. The van der Waals surface area contributed by atoms with E-state index in [2.05, 4.69) is 5.32 Å². The SMILES string of the molecule is C[C@H](OC(=O)c1ccc(CN2CCCC2=O)cc1)C(=O)Nc1ccccc1F. The van der Waals surface area contributed by atoms with Crippen LogP contribution < -0.4 is 5.32 Å². The highest BCUT2D eigenvalue weighted by molar-refractivity contribution is 5.97. The van der Waals surface area contributed by atoms with Crippen LogP contribution in [0.1, 0.15) is 35.7 Å². The standard InChI is InChI=1S/C21H21FN2O4/c1-14(20(26)23-18-6-3-2-5-17(18)22)28-21(27)16-10-8-15(9-11-16)13-24-12-4-7-19(24)25/h2-3,5-6,8-11,14H,4,7,12-13H2,1H3,(H,23,26)/t14-/m0/s1. The molecule has 0 spiro atoms. The molecule has 1 saturated heterocycles. The van der Waals surface area contributed by atoms with E-state index in [1.54, 1.807) is 35.2 Å². The van der Waals surface area contributed by atoms with Crippen LogP contribution >= 0.6 is 0 Å². The Balaban J connectivity index is 1.55. The van der Waals surface area contributed by atoms with Crippen molar-refractivity contribution in [3.8, 4) is 0 Å². The number of para-hydroxylation sites is 1. The van der Waals surface area contributed by atoms with Crippen LogP contribution in [0.5, 0.6) is 0 Å². The van der Waals surface area contributed by atoms with E-state index in [9.17, 15) is 18.8 Å². The number of esters is 1. The van der Waals surface area contributed by atoms with Crippen molar-refractivity contribution < 1.29 is 23.5 Å². The summed E-state index contributed by atoms with van der Waals surface area (Å²) in [5.41, 5.74) is 1.23. The molecule has 1 aliphatic rings. The molecule has 0 radical (unpaired) electrons. The van der Waals surface area contributed by atoms with Crippen LogP contribution in [0, 0.1) is 5.82 Å². The summed E-state index contributed by atoms with van der Waals surface area (Å²) in [5, 5.41) is 2.39. The highest BCUT2D eigenvalue weighted by Crippen LogP contribution is 2.16. The van der Waals surface area contributed by atoms with Gasteiger partial charge in [0.1, 0.15) is 5.82 Å². The van der Waals surface area contributed by atoms with Crippen molar-refractivity contribution in [1.82, 2.24) is 4.90 Å². The van der Waals surface area contributed by atoms with Gasteiger partial charge in [-0.05, 0) is 43.2 Å². The van der Waals surface area contributed by atoms with E-state index in [1.165, 1.54) is 25.1 Å². The van der Waals surface area contributed by atoms with Crippen LogP contribution in [0.15, 0.2) is 48.5 Å². The fraction of sp³-hybridized carbons (Fsp3) is 0.286. The van der Waals surface area contributed by atoms with Gasteiger partial charge in [0.2, 0.25) is 5.91 Å². The second-order valence-electron chi connectivity index (χ2n) is 6.63. The number of nitrogens with zero attached hydrogens (tertiary/aromatic N) is 1. The molecule has 1 fully saturated rings. The number of hydrogen-bond donors (Lipinski definition) is 1. The van der Waals surface area contributed by atoms with Gasteiger partial charge in [0, 0.05) is 19.5 Å². The summed E-state index contributed by atoms with van der Waals surface area (Å²) in [5.74, 6) is -1.71. The molecule has 0 unspecified atom stereocenters. The number of carbonyl (C=O) groups is 3. The van der Waals surface area contributed by atoms with Crippen molar-refractivity contribution in [1.29, 1.82) is 0 Å². The molecule has 2 amide bonds. The highest BCUT2D eigenvalue weighted by atomic mass is 19.1. The predicted molar refractivity (Wildman–Crippen MR) is 101 cm³/mol. The van der Waals surface area contributed by atoms with Gasteiger partial charge in [0.25, 0.3) is 5.91 Å². The van der Waals surface area contributed by atoms with Crippen LogP contribution in [0.4, 0.5) is 10.1 Å². The Hall–Kier alpha value is -3.22. The Labute approximate surface area is 162 Å². The number of likely N-dealkylation sites (tertiary alicyclic amines) is 1. The summed E-state index contributed by atoms with van der Waals surface area (Å²) >= 11 is 0. The van der Waals surface area contributed by atoms with Crippen LogP contribution in [0.25, 0.3) is 0 Å². The van der Waals surface area contributed by atoms with Gasteiger partial charge in [-0.15, -0.1) is 0 Å². The number of amides is 2. The van der Waals surface area contributed by atoms with E-state index in [0.29, 0.717) is 18.5 Å². The van der Waals surface area contributed by atoms with Crippen molar-refractivity contribution >= 4 is 23.5 Å². The number of nitrogens with one attached hydrogen (secondary N) is 1. The van der Waals surface area contributed by atoms with Crippen molar-refractivity contribution in [2.45, 2.75) is 32.4 Å². The summed E-state index contributed by atoms with van der Waals surface area (Å²) in [6, 6.07) is 12.5. The first-order valence-corrected chi connectivity index (χ1v) is 9.07. The van der Waals surface area contributed by atoms with Crippen LogP contribution in [-0.4, -0.2) is 35.3 Å². The Kier molecular flexibility index (Phi) is 6.03. The summed E-state index contributed by atoms with van der Waals surface area (Å²) in [7, 11) is 0. The molecule has 28 heavy (non-hydrogen) atoms. The lowest BCUT2D eigenvalue weighted by Gasteiger charge is -2.16. The predicted octanol–water partition coefficient (Wildman–Crippen LogP) is 3.13. The largest absolute Gasteiger partial charge is 0.449 e. The number of hydrogen-bond acceptors (Lipinski definition) is 4. The zero-order chi connectivity index (χ0) is 20.1. The molecule has 0 bridgehead atoms. The first-order chi connectivity index (χ1) is 13.4. The van der Waals surface area contributed by atoms with E-state index in [4.69, 9.17) is 4.74 Å². The summed E-state index contributed by atoms with van der Waals surface area (Å²) in [6.45, 7) is 2.67. The van der Waals surface area contributed by atoms with Gasteiger partial charge in [-0.1, -0.05) is 24.3 Å². The molecular weight excluding hydrogens is 363 g/mol. The number of anilines is 1. The van der Waals surface area contributed by atoms with Crippen molar-refractivity contribution in [2.24, 2.45) is 0 Å². The average Bonchev–Trinajstić information content (AvgIpc) is 3.08. The topological polar surface area (TPSA) is 75.7 Å². The molecule has 1 aliphatic heterocycles. The van der Waals surface area contributed by atoms with E-state index in [-0.39, 0.29) is 11.6 Å². The number of benzene rings is 2. The normalized spacial score (nSPS) is 14.6. The number of carbonyl (C=O) groups excluding carboxylic acids is 3. The molecule has 1 heterocycles. The molecular formula is C21H21FN2O4. The molecule has 6 nitrogen and oxygen atoms in total. The van der Waals surface area contributed by atoms with E-state index in [0.717, 1.165) is 18.5 Å². The summed E-state index contributed by atoms with van der Waals surface area (Å²) in [6.07, 6.45) is 0.363. The molecule has 2 aromatic rings. The van der Waals surface area contributed by atoms with Crippen LogP contribution in [0.2, 0.25) is 0 Å². The van der Waals surface area contributed by atoms with E-state index in [1.807, 2.05) is 0 Å². The Morgan fingerprint density at radius 3 is 2.54 bits per heavy atom. The van der Waals surface area contributed by atoms with Crippen molar-refractivity contribution in [3.63, 3.8) is 0 Å². The minimum absolute atomic E-state index is 0.0243. The Morgan fingerprint density at radius 1 is 1.18 bits per heavy atom. The van der Waals surface area contributed by atoms with Gasteiger partial charge < -0.3 is 15.0 Å². The lowest BCUT2D eigenvalue weighted by Crippen LogP contribution is -2.30. The maximum Gasteiger partial charge on any atom is 0.338 e. The van der Waals surface area contributed by atoms with Crippen LogP contribution in [0.3, 0.4) is 0 Å². The lowest BCUT2D eigenvalue weighted by atomic mass is 10.1. The maximum atomic E-state index is 13.6. The third kappa shape index (κ3) is 4.73. The monoisotopic (exact) mass is 384 g/mol. The smallest absolute Gasteiger partial charge is 0.338 e. The maximum absolute atomic E-state index is 13.6. The fourth-order valence-electron chi connectivity index (χ4n) is 2.92.